The van der Waals surface area contributed by atoms with Gasteiger partial charge in [-0.3, -0.25) is 9.59 Å². The van der Waals surface area contributed by atoms with Gasteiger partial charge in [-0.15, -0.1) is 0 Å². The molecular weight excluding hydrogens is 446 g/mol. The Kier molecular flexibility index (Phi) is 7.50. The molecule has 0 aliphatic carbocycles. The molecule has 3 rings (SSSR count). The lowest BCUT2D eigenvalue weighted by Crippen LogP contribution is -2.41. The van der Waals surface area contributed by atoms with Crippen LogP contribution in [0.2, 0.25) is 0 Å². The summed E-state index contributed by atoms with van der Waals surface area (Å²) in [6.45, 7) is 5.40. The van der Waals surface area contributed by atoms with Gasteiger partial charge >= 0.3 is 5.97 Å². The fraction of sp³-hybridized carbons (Fsp3) is 0.348. The van der Waals surface area contributed by atoms with Crippen LogP contribution in [-0.4, -0.2) is 56.2 Å². The zero-order chi connectivity index (χ0) is 24.2. The van der Waals surface area contributed by atoms with E-state index in [0.29, 0.717) is 24.5 Å². The summed E-state index contributed by atoms with van der Waals surface area (Å²) in [5.74, 6) is -1.43. The van der Waals surface area contributed by atoms with E-state index in [2.05, 4.69) is 5.32 Å². The summed E-state index contributed by atoms with van der Waals surface area (Å²) in [5, 5.41) is 2.77. The SMILES string of the molecule is CCN(CC)S(=O)(=O)c1ccc(C(=O)OCC(=O)N2c3ccccc3NC(=O)CC2C)cc1. The number of fused-ring (bicyclic) bond motifs is 1. The lowest BCUT2D eigenvalue weighted by Gasteiger charge is -2.27. The highest BCUT2D eigenvalue weighted by Gasteiger charge is 2.30. The summed E-state index contributed by atoms with van der Waals surface area (Å²) in [7, 11) is -3.64. The standard InChI is InChI=1S/C23H27N3O6S/c1-4-25(5-2)33(30,31)18-12-10-17(11-13-18)23(29)32-15-22(28)26-16(3)14-21(27)24-19-8-6-7-9-20(19)26/h6-13,16H,4-5,14-15H2,1-3H3,(H,24,27). The van der Waals surface area contributed by atoms with Gasteiger partial charge in [0.2, 0.25) is 15.9 Å². The van der Waals surface area contributed by atoms with Crippen molar-refractivity contribution in [1.29, 1.82) is 0 Å². The summed E-state index contributed by atoms with van der Waals surface area (Å²) in [4.78, 5) is 39.0. The molecule has 0 saturated carbocycles. The van der Waals surface area contributed by atoms with E-state index in [9.17, 15) is 22.8 Å². The Hall–Kier alpha value is -3.24. The summed E-state index contributed by atoms with van der Waals surface area (Å²) >= 11 is 0. The first kappa shape index (κ1) is 24.4. The number of rotatable bonds is 7. The molecule has 176 valence electrons. The minimum absolute atomic E-state index is 0.0750. The molecule has 2 aromatic carbocycles. The molecule has 9 nitrogen and oxygen atoms in total. The van der Waals surface area contributed by atoms with Crippen LogP contribution < -0.4 is 10.2 Å². The van der Waals surface area contributed by atoms with Crippen LogP contribution in [0.25, 0.3) is 0 Å². The summed E-state index contributed by atoms with van der Waals surface area (Å²) in [6.07, 6.45) is 0.108. The topological polar surface area (TPSA) is 113 Å². The van der Waals surface area contributed by atoms with Gasteiger partial charge in [-0.1, -0.05) is 26.0 Å². The number of anilines is 2. The maximum atomic E-state index is 12.9. The van der Waals surface area contributed by atoms with Gasteiger partial charge in [-0.05, 0) is 43.3 Å². The quantitative estimate of drug-likeness (QED) is 0.619. The molecule has 0 fully saturated rings. The molecule has 2 aromatic rings. The van der Waals surface area contributed by atoms with Crippen molar-refractivity contribution in [2.45, 2.75) is 38.1 Å². The van der Waals surface area contributed by atoms with E-state index in [-0.39, 0.29) is 22.8 Å². The molecule has 1 atom stereocenters. The third kappa shape index (κ3) is 5.23. The Morgan fingerprint density at radius 2 is 1.73 bits per heavy atom. The monoisotopic (exact) mass is 473 g/mol. The summed E-state index contributed by atoms with van der Waals surface area (Å²) in [5.41, 5.74) is 1.17. The molecule has 2 amide bonds. The molecule has 0 radical (unpaired) electrons. The number of amides is 2. The van der Waals surface area contributed by atoms with Crippen molar-refractivity contribution in [3.63, 3.8) is 0 Å². The van der Waals surface area contributed by atoms with Gasteiger partial charge in [0, 0.05) is 25.6 Å². The zero-order valence-corrected chi connectivity index (χ0v) is 19.6. The Labute approximate surface area is 193 Å². The number of carbonyl (C=O) groups excluding carboxylic acids is 3. The normalized spacial score (nSPS) is 16.1. The number of para-hydroxylation sites is 2. The third-order valence-corrected chi connectivity index (χ3v) is 7.45. The van der Waals surface area contributed by atoms with Crippen molar-refractivity contribution in [2.24, 2.45) is 0 Å². The number of carbonyl (C=O) groups is 3. The molecule has 1 aliphatic heterocycles. The summed E-state index contributed by atoms with van der Waals surface area (Å²) in [6, 6.07) is 11.9. The number of hydrogen-bond acceptors (Lipinski definition) is 6. The molecule has 1 N–H and O–H groups in total. The first-order chi connectivity index (χ1) is 15.7. The average molecular weight is 474 g/mol. The van der Waals surface area contributed by atoms with Crippen LogP contribution in [0.3, 0.4) is 0 Å². The Bertz CT molecular complexity index is 1140. The van der Waals surface area contributed by atoms with Crippen LogP contribution in [0.4, 0.5) is 11.4 Å². The number of sulfonamides is 1. The number of esters is 1. The second-order valence-electron chi connectivity index (χ2n) is 7.57. The molecular formula is C23H27N3O6S. The van der Waals surface area contributed by atoms with Crippen molar-refractivity contribution in [3.8, 4) is 0 Å². The molecule has 10 heteroatoms. The third-order valence-electron chi connectivity index (χ3n) is 5.39. The predicted molar refractivity (Wildman–Crippen MR) is 123 cm³/mol. The van der Waals surface area contributed by atoms with Crippen LogP contribution in [0.15, 0.2) is 53.4 Å². The van der Waals surface area contributed by atoms with Crippen LogP contribution in [0.1, 0.15) is 37.6 Å². The van der Waals surface area contributed by atoms with Gasteiger partial charge in [0.1, 0.15) is 0 Å². The number of ether oxygens (including phenoxy) is 1. The maximum Gasteiger partial charge on any atom is 0.338 e. The van der Waals surface area contributed by atoms with Crippen LogP contribution in [0, 0.1) is 0 Å². The smallest absolute Gasteiger partial charge is 0.338 e. The molecule has 33 heavy (non-hydrogen) atoms. The van der Waals surface area contributed by atoms with Crippen LogP contribution >= 0.6 is 0 Å². The van der Waals surface area contributed by atoms with E-state index in [1.165, 1.54) is 33.5 Å². The summed E-state index contributed by atoms with van der Waals surface area (Å²) < 4.78 is 31.7. The first-order valence-electron chi connectivity index (χ1n) is 10.7. The lowest BCUT2D eigenvalue weighted by atomic mass is 10.1. The van der Waals surface area contributed by atoms with E-state index in [1.54, 1.807) is 45.0 Å². The van der Waals surface area contributed by atoms with Crippen LogP contribution in [0.5, 0.6) is 0 Å². The van der Waals surface area contributed by atoms with E-state index < -0.39 is 34.5 Å². The fourth-order valence-electron chi connectivity index (χ4n) is 3.72. The predicted octanol–water partition coefficient (Wildman–Crippen LogP) is 2.64. The number of nitrogens with zero attached hydrogens (tertiary/aromatic N) is 2. The average Bonchev–Trinajstić information content (AvgIpc) is 2.92. The minimum atomic E-state index is -3.64. The molecule has 0 aromatic heterocycles. The van der Waals surface area contributed by atoms with Crippen LogP contribution in [-0.2, 0) is 24.3 Å². The largest absolute Gasteiger partial charge is 0.452 e. The van der Waals surface area contributed by atoms with Crippen molar-refractivity contribution < 1.29 is 27.5 Å². The minimum Gasteiger partial charge on any atom is -0.452 e. The molecule has 0 bridgehead atoms. The second-order valence-corrected chi connectivity index (χ2v) is 9.51. The zero-order valence-electron chi connectivity index (χ0n) is 18.8. The first-order valence-corrected chi connectivity index (χ1v) is 12.1. The van der Waals surface area contributed by atoms with Gasteiger partial charge in [0.15, 0.2) is 6.61 Å². The highest BCUT2D eigenvalue weighted by Crippen LogP contribution is 2.31. The highest BCUT2D eigenvalue weighted by atomic mass is 32.2. The van der Waals surface area contributed by atoms with E-state index in [0.717, 1.165) is 0 Å². The van der Waals surface area contributed by atoms with Gasteiger partial charge < -0.3 is 15.0 Å². The van der Waals surface area contributed by atoms with E-state index in [1.807, 2.05) is 0 Å². The van der Waals surface area contributed by atoms with Gasteiger partial charge in [-0.2, -0.15) is 4.31 Å². The Morgan fingerprint density at radius 3 is 2.36 bits per heavy atom. The lowest BCUT2D eigenvalue weighted by molar-refractivity contribution is -0.122. The molecule has 0 saturated heterocycles. The van der Waals surface area contributed by atoms with E-state index >= 15 is 0 Å². The Balaban J connectivity index is 1.71. The highest BCUT2D eigenvalue weighted by molar-refractivity contribution is 7.89. The molecule has 1 aliphatic rings. The second kappa shape index (κ2) is 10.1. The van der Waals surface area contributed by atoms with E-state index in [4.69, 9.17) is 4.74 Å². The number of hydrogen-bond donors (Lipinski definition) is 1. The van der Waals surface area contributed by atoms with Gasteiger partial charge in [0.25, 0.3) is 5.91 Å². The number of benzene rings is 2. The van der Waals surface area contributed by atoms with Crippen molar-refractivity contribution in [2.75, 3.05) is 29.9 Å². The van der Waals surface area contributed by atoms with Crippen molar-refractivity contribution in [1.82, 2.24) is 4.31 Å². The van der Waals surface area contributed by atoms with Gasteiger partial charge in [0.05, 0.1) is 21.8 Å². The molecule has 0 spiro atoms. The van der Waals surface area contributed by atoms with Crippen molar-refractivity contribution in [3.05, 3.63) is 54.1 Å². The molecule has 1 unspecified atom stereocenters. The van der Waals surface area contributed by atoms with Crippen molar-refractivity contribution >= 4 is 39.2 Å². The fourth-order valence-corrected chi connectivity index (χ4v) is 5.18. The van der Waals surface area contributed by atoms with Gasteiger partial charge in [-0.25, -0.2) is 13.2 Å². The number of nitrogens with one attached hydrogen (secondary N) is 1. The molecule has 1 heterocycles. The maximum absolute atomic E-state index is 12.9. The Morgan fingerprint density at radius 1 is 1.09 bits per heavy atom.